The topological polar surface area (TPSA) is 47.6 Å². The van der Waals surface area contributed by atoms with E-state index in [1.54, 1.807) is 20.3 Å². The normalized spacial score (nSPS) is 27.4. The number of carbonyl (C=O) groups excluding carboxylic acids is 1. The van der Waals surface area contributed by atoms with E-state index in [0.717, 1.165) is 23.8 Å². The fourth-order valence-electron chi connectivity index (χ4n) is 3.69. The number of amides is 1. The number of nitrogens with one attached hydrogen (secondary N) is 1. The summed E-state index contributed by atoms with van der Waals surface area (Å²) in [5.41, 5.74) is 0.723. The molecule has 0 spiro atoms. The highest BCUT2D eigenvalue weighted by Gasteiger charge is 2.43. The van der Waals surface area contributed by atoms with Gasteiger partial charge in [0.25, 0.3) is 0 Å². The Hall–Kier alpha value is -1.71. The van der Waals surface area contributed by atoms with E-state index in [9.17, 15) is 4.79 Å². The van der Waals surface area contributed by atoms with E-state index in [0.29, 0.717) is 11.7 Å². The zero-order valence-electron chi connectivity index (χ0n) is 12.0. The first-order valence-corrected chi connectivity index (χ1v) is 7.24. The van der Waals surface area contributed by atoms with Gasteiger partial charge in [0.05, 0.1) is 19.9 Å². The Morgan fingerprint density at radius 3 is 2.65 bits per heavy atom. The van der Waals surface area contributed by atoms with Crippen LogP contribution < -0.4 is 14.8 Å². The number of fused-ring (bicyclic) bond motifs is 2. The maximum atomic E-state index is 12.4. The molecule has 2 saturated carbocycles. The number of anilines is 1. The number of rotatable bonds is 4. The Morgan fingerprint density at radius 2 is 2.05 bits per heavy atom. The first kappa shape index (κ1) is 13.3. The minimum Gasteiger partial charge on any atom is -0.497 e. The van der Waals surface area contributed by atoms with Gasteiger partial charge in [0.15, 0.2) is 0 Å². The van der Waals surface area contributed by atoms with Gasteiger partial charge in [-0.1, -0.05) is 6.42 Å². The summed E-state index contributed by atoms with van der Waals surface area (Å²) in [4.78, 5) is 12.4. The van der Waals surface area contributed by atoms with Gasteiger partial charge in [-0.15, -0.1) is 0 Å². The lowest BCUT2D eigenvalue weighted by Gasteiger charge is -2.21. The second-order valence-electron chi connectivity index (χ2n) is 5.84. The largest absolute Gasteiger partial charge is 0.497 e. The molecule has 2 aliphatic rings. The van der Waals surface area contributed by atoms with Crippen molar-refractivity contribution in [1.82, 2.24) is 0 Å². The number of methoxy groups -OCH3 is 2. The van der Waals surface area contributed by atoms with E-state index in [4.69, 9.17) is 9.47 Å². The third-order valence-electron chi connectivity index (χ3n) is 4.74. The molecule has 4 nitrogen and oxygen atoms in total. The molecule has 2 fully saturated rings. The highest BCUT2D eigenvalue weighted by molar-refractivity contribution is 5.94. The second-order valence-corrected chi connectivity index (χ2v) is 5.84. The quantitative estimate of drug-likeness (QED) is 0.918. The molecule has 0 heterocycles. The Balaban J connectivity index is 1.72. The highest BCUT2D eigenvalue weighted by Crippen LogP contribution is 2.48. The van der Waals surface area contributed by atoms with Crippen LogP contribution in [0.2, 0.25) is 0 Å². The maximum absolute atomic E-state index is 12.4. The van der Waals surface area contributed by atoms with Crippen LogP contribution in [0.3, 0.4) is 0 Å². The SMILES string of the molecule is COc1ccc(NC(=O)[C@H]2C[C@H]3CC[C@@H]2C3)c(OC)c1. The summed E-state index contributed by atoms with van der Waals surface area (Å²) >= 11 is 0. The van der Waals surface area contributed by atoms with Crippen LogP contribution in [0.1, 0.15) is 25.7 Å². The van der Waals surface area contributed by atoms with Crippen molar-refractivity contribution in [2.45, 2.75) is 25.7 Å². The number of carbonyl (C=O) groups is 1. The van der Waals surface area contributed by atoms with Gasteiger partial charge >= 0.3 is 0 Å². The fraction of sp³-hybridized carbons (Fsp3) is 0.562. The predicted molar refractivity (Wildman–Crippen MR) is 77.1 cm³/mol. The third kappa shape index (κ3) is 2.35. The lowest BCUT2D eigenvalue weighted by atomic mass is 9.88. The van der Waals surface area contributed by atoms with Crippen molar-refractivity contribution in [3.63, 3.8) is 0 Å². The van der Waals surface area contributed by atoms with Gasteiger partial charge < -0.3 is 14.8 Å². The minimum atomic E-state index is 0.140. The Labute approximate surface area is 119 Å². The number of hydrogen-bond donors (Lipinski definition) is 1. The van der Waals surface area contributed by atoms with Gasteiger partial charge in [-0.05, 0) is 43.2 Å². The van der Waals surface area contributed by atoms with Crippen molar-refractivity contribution in [3.05, 3.63) is 18.2 Å². The van der Waals surface area contributed by atoms with Crippen LogP contribution in [0, 0.1) is 17.8 Å². The minimum absolute atomic E-state index is 0.140. The second kappa shape index (κ2) is 5.35. The van der Waals surface area contributed by atoms with E-state index in [1.165, 1.54) is 19.3 Å². The van der Waals surface area contributed by atoms with Crippen LogP contribution in [-0.2, 0) is 4.79 Å². The van der Waals surface area contributed by atoms with Crippen LogP contribution in [0.4, 0.5) is 5.69 Å². The molecule has 2 aliphatic carbocycles. The summed E-state index contributed by atoms with van der Waals surface area (Å²) in [5.74, 6) is 3.04. The van der Waals surface area contributed by atoms with Crippen molar-refractivity contribution < 1.29 is 14.3 Å². The Kier molecular flexibility index (Phi) is 3.55. The summed E-state index contributed by atoms with van der Waals surface area (Å²) in [5, 5.41) is 3.02. The highest BCUT2D eigenvalue weighted by atomic mass is 16.5. The van der Waals surface area contributed by atoms with Crippen LogP contribution in [0.25, 0.3) is 0 Å². The average molecular weight is 275 g/mol. The van der Waals surface area contributed by atoms with E-state index in [1.807, 2.05) is 12.1 Å². The van der Waals surface area contributed by atoms with Gasteiger partial charge in [-0.3, -0.25) is 4.79 Å². The molecule has 1 amide bonds. The zero-order valence-corrected chi connectivity index (χ0v) is 12.0. The molecule has 1 aromatic carbocycles. The summed E-state index contributed by atoms with van der Waals surface area (Å²) in [7, 11) is 3.21. The summed E-state index contributed by atoms with van der Waals surface area (Å²) < 4.78 is 10.5. The first-order valence-electron chi connectivity index (χ1n) is 7.24. The smallest absolute Gasteiger partial charge is 0.227 e. The molecule has 4 heteroatoms. The van der Waals surface area contributed by atoms with Gasteiger partial charge in [0.1, 0.15) is 11.5 Å². The van der Waals surface area contributed by atoms with E-state index in [2.05, 4.69) is 5.32 Å². The van der Waals surface area contributed by atoms with Crippen LogP contribution in [0.5, 0.6) is 11.5 Å². The molecule has 20 heavy (non-hydrogen) atoms. The van der Waals surface area contributed by atoms with Gasteiger partial charge in [-0.2, -0.15) is 0 Å². The maximum Gasteiger partial charge on any atom is 0.227 e. The zero-order chi connectivity index (χ0) is 14.1. The van der Waals surface area contributed by atoms with Crippen LogP contribution >= 0.6 is 0 Å². The van der Waals surface area contributed by atoms with E-state index in [-0.39, 0.29) is 11.8 Å². The van der Waals surface area contributed by atoms with E-state index >= 15 is 0 Å². The standard InChI is InChI=1S/C16H21NO3/c1-19-12-5-6-14(15(9-12)20-2)17-16(18)13-8-10-3-4-11(13)7-10/h5-6,9-11,13H,3-4,7-8H2,1-2H3,(H,17,18)/t10-,11+,13-/m0/s1. The monoisotopic (exact) mass is 275 g/mol. The van der Waals surface area contributed by atoms with Crippen molar-refractivity contribution in [3.8, 4) is 11.5 Å². The molecular weight excluding hydrogens is 254 g/mol. The van der Waals surface area contributed by atoms with Crippen LogP contribution in [0.15, 0.2) is 18.2 Å². The summed E-state index contributed by atoms with van der Waals surface area (Å²) in [6.45, 7) is 0. The van der Waals surface area contributed by atoms with Gasteiger partial charge in [0, 0.05) is 12.0 Å². The molecule has 0 saturated heterocycles. The predicted octanol–water partition coefficient (Wildman–Crippen LogP) is 3.08. The Morgan fingerprint density at radius 1 is 1.20 bits per heavy atom. The fourth-order valence-corrected chi connectivity index (χ4v) is 3.69. The number of hydrogen-bond acceptors (Lipinski definition) is 3. The molecule has 0 unspecified atom stereocenters. The average Bonchev–Trinajstić information content (AvgIpc) is 3.10. The molecule has 0 aliphatic heterocycles. The molecule has 2 bridgehead atoms. The molecule has 0 aromatic heterocycles. The molecule has 3 rings (SSSR count). The molecule has 1 N–H and O–H groups in total. The molecular formula is C16H21NO3. The lowest BCUT2D eigenvalue weighted by molar-refractivity contribution is -0.121. The van der Waals surface area contributed by atoms with Crippen molar-refractivity contribution >= 4 is 11.6 Å². The van der Waals surface area contributed by atoms with E-state index < -0.39 is 0 Å². The summed E-state index contributed by atoms with van der Waals surface area (Å²) in [6, 6.07) is 5.46. The third-order valence-corrected chi connectivity index (χ3v) is 4.74. The van der Waals surface area contributed by atoms with Crippen LogP contribution in [-0.4, -0.2) is 20.1 Å². The van der Waals surface area contributed by atoms with Gasteiger partial charge in [0.2, 0.25) is 5.91 Å². The lowest BCUT2D eigenvalue weighted by Crippen LogP contribution is -2.27. The van der Waals surface area contributed by atoms with Crippen molar-refractivity contribution in [2.75, 3.05) is 19.5 Å². The van der Waals surface area contributed by atoms with Crippen molar-refractivity contribution in [1.29, 1.82) is 0 Å². The summed E-state index contributed by atoms with van der Waals surface area (Å²) in [6.07, 6.45) is 4.80. The number of ether oxygens (including phenoxy) is 2. The molecule has 1 aromatic rings. The first-order chi connectivity index (χ1) is 9.71. The van der Waals surface area contributed by atoms with Crippen molar-refractivity contribution in [2.24, 2.45) is 17.8 Å². The van der Waals surface area contributed by atoms with Gasteiger partial charge in [-0.25, -0.2) is 0 Å². The molecule has 108 valence electrons. The molecule has 0 radical (unpaired) electrons. The Bertz CT molecular complexity index is 514. The number of benzene rings is 1. The molecule has 3 atom stereocenters.